The fourth-order valence-corrected chi connectivity index (χ4v) is 2.97. The standard InChI is InChI=1S/C15H19F3N4/c1-20-7-2-4-12(20)10-21-8-3-5-13(11-21)22-9-6-14(19-22)15(16,17)18/h2,4,6-7,9,13H,3,5,8,10-11H2,1H3/t13-/m0/s1. The Labute approximate surface area is 127 Å². The lowest BCUT2D eigenvalue weighted by Gasteiger charge is -2.32. The zero-order valence-corrected chi connectivity index (χ0v) is 12.4. The van der Waals surface area contributed by atoms with Gasteiger partial charge in [0.15, 0.2) is 5.69 Å². The molecule has 0 radical (unpaired) electrons. The molecule has 3 rings (SSSR count). The number of hydrogen-bond acceptors (Lipinski definition) is 2. The average molecular weight is 312 g/mol. The summed E-state index contributed by atoms with van der Waals surface area (Å²) in [6, 6.07) is 5.13. The molecule has 0 bridgehead atoms. The molecule has 7 heteroatoms. The smallest absolute Gasteiger partial charge is 0.353 e. The summed E-state index contributed by atoms with van der Waals surface area (Å²) < 4.78 is 41.5. The summed E-state index contributed by atoms with van der Waals surface area (Å²) in [5.74, 6) is 0. The Morgan fingerprint density at radius 1 is 1.27 bits per heavy atom. The fraction of sp³-hybridized carbons (Fsp3) is 0.533. The van der Waals surface area contributed by atoms with Crippen LogP contribution >= 0.6 is 0 Å². The number of piperidine rings is 1. The Morgan fingerprint density at radius 2 is 2.09 bits per heavy atom. The molecule has 0 unspecified atom stereocenters. The highest BCUT2D eigenvalue weighted by Gasteiger charge is 2.34. The number of aromatic nitrogens is 3. The number of rotatable bonds is 3. The molecule has 1 fully saturated rings. The summed E-state index contributed by atoms with van der Waals surface area (Å²) in [5, 5.41) is 3.71. The summed E-state index contributed by atoms with van der Waals surface area (Å²) in [5.41, 5.74) is 0.393. The summed E-state index contributed by atoms with van der Waals surface area (Å²) in [6.07, 6.45) is 0.904. The van der Waals surface area contributed by atoms with Crippen LogP contribution in [0.15, 0.2) is 30.6 Å². The van der Waals surface area contributed by atoms with E-state index in [1.54, 1.807) is 0 Å². The minimum atomic E-state index is -4.37. The molecule has 0 N–H and O–H groups in total. The third-order valence-electron chi connectivity index (χ3n) is 4.19. The SMILES string of the molecule is Cn1cccc1CN1CCC[C@H](n2ccc(C(F)(F)F)n2)C1. The molecule has 1 aliphatic heterocycles. The average Bonchev–Trinajstić information content (AvgIpc) is 3.09. The molecule has 120 valence electrons. The van der Waals surface area contributed by atoms with Crippen molar-refractivity contribution in [2.75, 3.05) is 13.1 Å². The van der Waals surface area contributed by atoms with Crippen molar-refractivity contribution in [3.63, 3.8) is 0 Å². The van der Waals surface area contributed by atoms with Crippen molar-refractivity contribution in [1.29, 1.82) is 0 Å². The molecule has 1 saturated heterocycles. The molecule has 2 aromatic heterocycles. The van der Waals surface area contributed by atoms with E-state index in [1.165, 1.54) is 16.6 Å². The van der Waals surface area contributed by atoms with Gasteiger partial charge in [-0.2, -0.15) is 18.3 Å². The van der Waals surface area contributed by atoms with Crippen LogP contribution < -0.4 is 0 Å². The second-order valence-corrected chi connectivity index (χ2v) is 5.82. The molecule has 1 aliphatic rings. The summed E-state index contributed by atoms with van der Waals surface area (Å²) in [7, 11) is 2.00. The molecule has 2 aromatic rings. The predicted octanol–water partition coefficient (Wildman–Crippen LogP) is 3.08. The normalized spacial score (nSPS) is 20.5. The fourth-order valence-electron chi connectivity index (χ4n) is 2.97. The first-order chi connectivity index (χ1) is 10.4. The third-order valence-corrected chi connectivity index (χ3v) is 4.19. The number of hydrogen-bond donors (Lipinski definition) is 0. The van der Waals surface area contributed by atoms with Crippen LogP contribution in [-0.4, -0.2) is 32.3 Å². The maximum atomic E-state index is 12.7. The topological polar surface area (TPSA) is 26.0 Å². The van der Waals surface area contributed by atoms with E-state index < -0.39 is 11.9 Å². The van der Waals surface area contributed by atoms with Crippen LogP contribution in [0.5, 0.6) is 0 Å². The van der Waals surface area contributed by atoms with Gasteiger partial charge in [-0.15, -0.1) is 0 Å². The lowest BCUT2D eigenvalue weighted by Crippen LogP contribution is -2.36. The van der Waals surface area contributed by atoms with Crippen LogP contribution in [0.25, 0.3) is 0 Å². The van der Waals surface area contributed by atoms with Crippen molar-refractivity contribution >= 4 is 0 Å². The Hall–Kier alpha value is -1.76. The monoisotopic (exact) mass is 312 g/mol. The second kappa shape index (κ2) is 5.79. The summed E-state index contributed by atoms with van der Waals surface area (Å²) in [6.45, 7) is 2.51. The van der Waals surface area contributed by atoms with E-state index >= 15 is 0 Å². The second-order valence-electron chi connectivity index (χ2n) is 5.82. The van der Waals surface area contributed by atoms with Gasteiger partial charge in [-0.3, -0.25) is 9.58 Å². The minimum Gasteiger partial charge on any atom is -0.353 e. The lowest BCUT2D eigenvalue weighted by molar-refractivity contribution is -0.141. The van der Waals surface area contributed by atoms with Crippen LogP contribution in [0.3, 0.4) is 0 Å². The molecule has 0 saturated carbocycles. The predicted molar refractivity (Wildman–Crippen MR) is 76.2 cm³/mol. The molecule has 4 nitrogen and oxygen atoms in total. The first-order valence-corrected chi connectivity index (χ1v) is 7.38. The molecule has 0 aliphatic carbocycles. The number of nitrogens with zero attached hydrogens (tertiary/aromatic N) is 4. The maximum Gasteiger partial charge on any atom is 0.435 e. The Bertz CT molecular complexity index is 629. The van der Waals surface area contributed by atoms with Gasteiger partial charge in [0.2, 0.25) is 0 Å². The highest BCUT2D eigenvalue weighted by Crippen LogP contribution is 2.29. The molecule has 0 amide bonds. The zero-order chi connectivity index (χ0) is 15.7. The van der Waals surface area contributed by atoms with Crippen molar-refractivity contribution in [2.24, 2.45) is 7.05 Å². The van der Waals surface area contributed by atoms with E-state index in [0.717, 1.165) is 38.5 Å². The highest BCUT2D eigenvalue weighted by atomic mass is 19.4. The Kier molecular flexibility index (Phi) is 3.99. The van der Waals surface area contributed by atoms with Gasteiger partial charge in [-0.25, -0.2) is 0 Å². The van der Waals surface area contributed by atoms with Crippen LogP contribution in [0.4, 0.5) is 13.2 Å². The van der Waals surface area contributed by atoms with E-state index in [0.29, 0.717) is 0 Å². The Balaban J connectivity index is 1.68. The Morgan fingerprint density at radius 3 is 2.73 bits per heavy atom. The van der Waals surface area contributed by atoms with E-state index in [1.807, 2.05) is 19.3 Å². The number of alkyl halides is 3. The molecule has 3 heterocycles. The summed E-state index contributed by atoms with van der Waals surface area (Å²) in [4.78, 5) is 2.28. The summed E-state index contributed by atoms with van der Waals surface area (Å²) >= 11 is 0. The van der Waals surface area contributed by atoms with Crippen molar-refractivity contribution in [3.05, 3.63) is 42.0 Å². The largest absolute Gasteiger partial charge is 0.435 e. The van der Waals surface area contributed by atoms with Gasteiger partial charge in [-0.1, -0.05) is 0 Å². The van der Waals surface area contributed by atoms with E-state index in [2.05, 4.69) is 20.6 Å². The molecule has 0 aromatic carbocycles. The third kappa shape index (κ3) is 3.19. The van der Waals surface area contributed by atoms with Gasteiger partial charge in [-0.05, 0) is 37.6 Å². The molecular formula is C15H19F3N4. The highest BCUT2D eigenvalue weighted by molar-refractivity contribution is 5.07. The van der Waals surface area contributed by atoms with Crippen LogP contribution in [-0.2, 0) is 19.8 Å². The van der Waals surface area contributed by atoms with Gasteiger partial charge in [0.25, 0.3) is 0 Å². The van der Waals surface area contributed by atoms with Crippen LogP contribution in [0.1, 0.15) is 30.3 Å². The first-order valence-electron chi connectivity index (χ1n) is 7.38. The van der Waals surface area contributed by atoms with E-state index in [4.69, 9.17) is 0 Å². The minimum absolute atomic E-state index is 0.00474. The van der Waals surface area contributed by atoms with Crippen molar-refractivity contribution < 1.29 is 13.2 Å². The molecule has 1 atom stereocenters. The molecular weight excluding hydrogens is 293 g/mol. The first kappa shape index (κ1) is 15.1. The van der Waals surface area contributed by atoms with Crippen LogP contribution in [0, 0.1) is 0 Å². The van der Waals surface area contributed by atoms with Gasteiger partial charge in [0.1, 0.15) is 0 Å². The lowest BCUT2D eigenvalue weighted by atomic mass is 10.1. The maximum absolute atomic E-state index is 12.7. The number of likely N-dealkylation sites (tertiary alicyclic amines) is 1. The zero-order valence-electron chi connectivity index (χ0n) is 12.4. The van der Waals surface area contributed by atoms with Crippen molar-refractivity contribution in [1.82, 2.24) is 19.2 Å². The van der Waals surface area contributed by atoms with Crippen LogP contribution in [0.2, 0.25) is 0 Å². The quantitative estimate of drug-likeness (QED) is 0.870. The van der Waals surface area contributed by atoms with Crippen molar-refractivity contribution in [3.8, 4) is 0 Å². The number of halogens is 3. The van der Waals surface area contributed by atoms with E-state index in [9.17, 15) is 13.2 Å². The van der Waals surface area contributed by atoms with Gasteiger partial charge in [0.05, 0.1) is 6.04 Å². The number of aryl methyl sites for hydroxylation is 1. The van der Waals surface area contributed by atoms with Crippen molar-refractivity contribution in [2.45, 2.75) is 31.6 Å². The van der Waals surface area contributed by atoms with Gasteiger partial charge in [0, 0.05) is 38.2 Å². The van der Waals surface area contributed by atoms with Gasteiger partial charge < -0.3 is 4.57 Å². The van der Waals surface area contributed by atoms with E-state index in [-0.39, 0.29) is 6.04 Å². The molecule has 22 heavy (non-hydrogen) atoms. The van der Waals surface area contributed by atoms with Gasteiger partial charge >= 0.3 is 6.18 Å². The molecule has 0 spiro atoms.